The normalized spacial score (nSPS) is 21.7. The van der Waals surface area contributed by atoms with Gasteiger partial charge in [0.05, 0.1) is 11.1 Å². The zero-order chi connectivity index (χ0) is 17.6. The van der Waals surface area contributed by atoms with Crippen LogP contribution in [-0.4, -0.2) is 39.2 Å². The number of benzene rings is 2. The average Bonchev–Trinajstić information content (AvgIpc) is 3.27. The first-order chi connectivity index (χ1) is 12.8. The third kappa shape index (κ3) is 2.13. The number of hydrogen-bond donors (Lipinski definition) is 1. The van der Waals surface area contributed by atoms with E-state index in [0.29, 0.717) is 12.5 Å². The molecule has 1 N–H and O–H groups in total. The Hall–Kier alpha value is -3.22. The highest BCUT2D eigenvalue weighted by atomic mass is 16.2. The van der Waals surface area contributed by atoms with E-state index in [9.17, 15) is 4.79 Å². The fourth-order valence-corrected chi connectivity index (χ4v) is 4.12. The van der Waals surface area contributed by atoms with Crippen molar-refractivity contribution in [3.63, 3.8) is 0 Å². The lowest BCUT2D eigenvalue weighted by molar-refractivity contribution is -0.121. The maximum Gasteiger partial charge on any atom is 0.250 e. The Morgan fingerprint density at radius 1 is 1.04 bits per heavy atom. The number of fused-ring (bicyclic) bond motifs is 2. The quantitative estimate of drug-likeness (QED) is 0.769. The Bertz CT molecular complexity index is 969. The maximum atomic E-state index is 12.9. The standard InChI is InChI=1S/C19H18N6O/c26-17-19(15-9-4-5-10-16(15)20-17)11-6-12-24(13-19)18-21-22-23-25(18)14-7-2-1-3-8-14/h1-5,7-10H,6,11-13H2,(H,20,26)/t19-/m1/s1. The molecule has 2 aliphatic rings. The maximum absolute atomic E-state index is 12.9. The number of anilines is 2. The molecule has 2 aliphatic heterocycles. The SMILES string of the molecule is O=C1Nc2ccccc2[C@]12CCCN(c1nnnn1-c1ccccc1)C2. The van der Waals surface area contributed by atoms with Gasteiger partial charge in [-0.05, 0) is 47.0 Å². The lowest BCUT2D eigenvalue weighted by atomic mass is 9.75. The Labute approximate surface area is 150 Å². The fourth-order valence-electron chi connectivity index (χ4n) is 4.12. The van der Waals surface area contributed by atoms with Gasteiger partial charge in [-0.2, -0.15) is 4.68 Å². The number of tetrazole rings is 1. The molecule has 0 bridgehead atoms. The second-order valence-corrected chi connectivity index (χ2v) is 6.83. The minimum absolute atomic E-state index is 0.0714. The van der Waals surface area contributed by atoms with E-state index in [1.807, 2.05) is 48.5 Å². The van der Waals surface area contributed by atoms with Crippen molar-refractivity contribution in [2.75, 3.05) is 23.3 Å². The second kappa shape index (κ2) is 5.66. The molecule has 0 aliphatic carbocycles. The number of aromatic nitrogens is 4. The molecule has 1 saturated heterocycles. The topological polar surface area (TPSA) is 75.9 Å². The van der Waals surface area contributed by atoms with Crippen LogP contribution >= 0.6 is 0 Å². The van der Waals surface area contributed by atoms with E-state index >= 15 is 0 Å². The number of nitrogens with zero attached hydrogens (tertiary/aromatic N) is 5. The molecule has 5 rings (SSSR count). The third-order valence-corrected chi connectivity index (χ3v) is 5.35. The summed E-state index contributed by atoms with van der Waals surface area (Å²) in [6, 6.07) is 17.8. The van der Waals surface area contributed by atoms with Gasteiger partial charge in [0.2, 0.25) is 11.9 Å². The zero-order valence-corrected chi connectivity index (χ0v) is 14.2. The summed E-state index contributed by atoms with van der Waals surface area (Å²) < 4.78 is 1.73. The number of piperidine rings is 1. The van der Waals surface area contributed by atoms with Crippen molar-refractivity contribution in [3.05, 3.63) is 60.2 Å². The van der Waals surface area contributed by atoms with Crippen molar-refractivity contribution in [3.8, 4) is 5.69 Å². The van der Waals surface area contributed by atoms with Gasteiger partial charge in [-0.1, -0.05) is 41.5 Å². The molecule has 1 fully saturated rings. The molecule has 7 nitrogen and oxygen atoms in total. The van der Waals surface area contributed by atoms with Crippen LogP contribution in [0.5, 0.6) is 0 Å². The minimum atomic E-state index is -0.539. The van der Waals surface area contributed by atoms with Gasteiger partial charge in [0.15, 0.2) is 0 Å². The highest BCUT2D eigenvalue weighted by Gasteiger charge is 2.49. The molecule has 2 aromatic carbocycles. The van der Waals surface area contributed by atoms with Gasteiger partial charge in [0, 0.05) is 18.8 Å². The van der Waals surface area contributed by atoms with E-state index in [1.54, 1.807) is 4.68 Å². The first kappa shape index (κ1) is 15.1. The van der Waals surface area contributed by atoms with Gasteiger partial charge in [0.1, 0.15) is 0 Å². The van der Waals surface area contributed by atoms with E-state index in [-0.39, 0.29) is 5.91 Å². The molecular weight excluding hydrogens is 328 g/mol. The largest absolute Gasteiger partial charge is 0.338 e. The minimum Gasteiger partial charge on any atom is -0.338 e. The van der Waals surface area contributed by atoms with Crippen molar-refractivity contribution in [1.29, 1.82) is 0 Å². The molecule has 0 unspecified atom stereocenters. The first-order valence-electron chi connectivity index (χ1n) is 8.78. The summed E-state index contributed by atoms with van der Waals surface area (Å²) in [4.78, 5) is 15.0. The third-order valence-electron chi connectivity index (χ3n) is 5.35. The number of hydrogen-bond acceptors (Lipinski definition) is 5. The number of para-hydroxylation sites is 2. The van der Waals surface area contributed by atoms with Gasteiger partial charge in [-0.25, -0.2) is 0 Å². The lowest BCUT2D eigenvalue weighted by Gasteiger charge is -2.39. The van der Waals surface area contributed by atoms with Gasteiger partial charge < -0.3 is 10.2 Å². The predicted octanol–water partition coefficient (Wildman–Crippen LogP) is 2.15. The second-order valence-electron chi connectivity index (χ2n) is 6.83. The van der Waals surface area contributed by atoms with E-state index in [1.165, 1.54) is 0 Å². The number of amides is 1. The van der Waals surface area contributed by atoms with E-state index in [2.05, 4.69) is 31.8 Å². The Morgan fingerprint density at radius 3 is 2.73 bits per heavy atom. The molecule has 26 heavy (non-hydrogen) atoms. The molecule has 1 aromatic heterocycles. The number of carbonyl (C=O) groups excluding carboxylic acids is 1. The van der Waals surface area contributed by atoms with Crippen molar-refractivity contribution >= 4 is 17.5 Å². The molecule has 7 heteroatoms. The van der Waals surface area contributed by atoms with Crippen molar-refractivity contribution in [1.82, 2.24) is 20.2 Å². The van der Waals surface area contributed by atoms with Gasteiger partial charge in [-0.15, -0.1) is 0 Å². The Kier molecular flexibility index (Phi) is 3.28. The van der Waals surface area contributed by atoms with Crippen molar-refractivity contribution < 1.29 is 4.79 Å². The summed E-state index contributed by atoms with van der Waals surface area (Å²) in [5.41, 5.74) is 2.36. The average molecular weight is 346 g/mol. The molecule has 1 spiro atoms. The molecule has 0 radical (unpaired) electrons. The Balaban J connectivity index is 1.54. The fraction of sp³-hybridized carbons (Fsp3) is 0.263. The smallest absolute Gasteiger partial charge is 0.250 e. The van der Waals surface area contributed by atoms with Crippen LogP contribution in [0.25, 0.3) is 5.69 Å². The van der Waals surface area contributed by atoms with Gasteiger partial charge in [-0.3, -0.25) is 4.79 Å². The predicted molar refractivity (Wildman–Crippen MR) is 97.4 cm³/mol. The van der Waals surface area contributed by atoms with Crippen LogP contribution in [-0.2, 0) is 10.2 Å². The van der Waals surface area contributed by atoms with Gasteiger partial charge >= 0.3 is 0 Å². The van der Waals surface area contributed by atoms with Crippen LogP contribution in [0.3, 0.4) is 0 Å². The summed E-state index contributed by atoms with van der Waals surface area (Å²) in [7, 11) is 0. The van der Waals surface area contributed by atoms with E-state index in [4.69, 9.17) is 0 Å². The van der Waals surface area contributed by atoms with Crippen LogP contribution in [0, 0.1) is 0 Å². The number of rotatable bonds is 2. The highest BCUT2D eigenvalue weighted by Crippen LogP contribution is 2.44. The summed E-state index contributed by atoms with van der Waals surface area (Å²) in [6.45, 7) is 1.40. The molecule has 130 valence electrons. The van der Waals surface area contributed by atoms with Crippen LogP contribution in [0.2, 0.25) is 0 Å². The summed E-state index contributed by atoms with van der Waals surface area (Å²) in [5.74, 6) is 0.745. The van der Waals surface area contributed by atoms with E-state index in [0.717, 1.165) is 36.3 Å². The number of carbonyl (C=O) groups is 1. The summed E-state index contributed by atoms with van der Waals surface area (Å²) in [5, 5.41) is 15.3. The van der Waals surface area contributed by atoms with Crippen molar-refractivity contribution in [2.24, 2.45) is 0 Å². The highest BCUT2D eigenvalue weighted by molar-refractivity contribution is 6.06. The van der Waals surface area contributed by atoms with E-state index < -0.39 is 5.41 Å². The first-order valence-corrected chi connectivity index (χ1v) is 8.78. The summed E-state index contributed by atoms with van der Waals surface area (Å²) >= 11 is 0. The summed E-state index contributed by atoms with van der Waals surface area (Å²) in [6.07, 6.45) is 1.74. The van der Waals surface area contributed by atoms with Crippen molar-refractivity contribution in [2.45, 2.75) is 18.3 Å². The van der Waals surface area contributed by atoms with Crippen LogP contribution in [0.4, 0.5) is 11.6 Å². The Morgan fingerprint density at radius 2 is 1.85 bits per heavy atom. The monoisotopic (exact) mass is 346 g/mol. The van der Waals surface area contributed by atoms with Crippen LogP contribution < -0.4 is 10.2 Å². The number of nitrogens with one attached hydrogen (secondary N) is 1. The molecular formula is C19H18N6O. The van der Waals surface area contributed by atoms with Crippen LogP contribution in [0.15, 0.2) is 54.6 Å². The zero-order valence-electron chi connectivity index (χ0n) is 14.2. The lowest BCUT2D eigenvalue weighted by Crippen LogP contribution is -2.50. The molecule has 3 aromatic rings. The van der Waals surface area contributed by atoms with Crippen LogP contribution in [0.1, 0.15) is 18.4 Å². The molecule has 1 amide bonds. The molecule has 0 saturated carbocycles. The van der Waals surface area contributed by atoms with Gasteiger partial charge in [0.25, 0.3) is 0 Å². The molecule has 1 atom stereocenters. The molecule has 3 heterocycles.